The molecule has 1 aliphatic rings. The van der Waals surface area contributed by atoms with Gasteiger partial charge >= 0.3 is 0 Å². The third-order valence-corrected chi connectivity index (χ3v) is 2.28. The fraction of sp³-hybridized carbons (Fsp3) is 1.00. The van der Waals surface area contributed by atoms with Gasteiger partial charge in [-0.2, -0.15) is 0 Å². The number of halogens is 2. The molecular formula is C7H12F2O. The highest BCUT2D eigenvalue weighted by molar-refractivity contribution is 4.78. The Balaban J connectivity index is 2.42. The Hall–Kier alpha value is -0.180. The quantitative estimate of drug-likeness (QED) is 0.634. The molecule has 3 heteroatoms. The largest absolute Gasteiger partial charge is 0.396 e. The molecule has 2 unspecified atom stereocenters. The molecule has 0 aromatic rings. The molecule has 1 saturated carbocycles. The van der Waals surface area contributed by atoms with Gasteiger partial charge in [-0.3, -0.25) is 0 Å². The minimum absolute atomic E-state index is 0.0744. The van der Waals surface area contributed by atoms with Crippen molar-refractivity contribution in [2.24, 2.45) is 11.8 Å². The fourth-order valence-electron chi connectivity index (χ4n) is 1.62. The molecule has 0 aromatic heterocycles. The zero-order valence-corrected chi connectivity index (χ0v) is 5.76. The van der Waals surface area contributed by atoms with Gasteiger partial charge in [0, 0.05) is 12.5 Å². The first-order chi connectivity index (χ1) is 4.75. The normalized spacial score (nSPS) is 33.6. The maximum Gasteiger partial charge on any atom is 0.241 e. The standard InChI is InChI=1S/C7H12F2O/c8-7(9)6-3-1-2-5(6)4-10/h5-7,10H,1-4H2. The van der Waals surface area contributed by atoms with Gasteiger partial charge in [-0.25, -0.2) is 8.78 Å². The SMILES string of the molecule is OCC1CCCC1C(F)F. The van der Waals surface area contributed by atoms with Crippen LogP contribution >= 0.6 is 0 Å². The molecule has 1 nitrogen and oxygen atoms in total. The van der Waals surface area contributed by atoms with Crippen LogP contribution in [0.25, 0.3) is 0 Å². The van der Waals surface area contributed by atoms with Gasteiger partial charge in [-0.1, -0.05) is 6.42 Å². The Labute approximate surface area is 59.0 Å². The topological polar surface area (TPSA) is 20.2 Å². The first kappa shape index (κ1) is 7.92. The van der Waals surface area contributed by atoms with E-state index in [1.165, 1.54) is 0 Å². The van der Waals surface area contributed by atoms with Crippen LogP contribution in [0.2, 0.25) is 0 Å². The number of hydrogen-bond donors (Lipinski definition) is 1. The summed E-state index contributed by atoms with van der Waals surface area (Å²) in [6.07, 6.45) is -0.0334. The number of hydrogen-bond acceptors (Lipinski definition) is 1. The Bertz CT molecular complexity index is 106. The van der Waals surface area contributed by atoms with Gasteiger partial charge in [0.2, 0.25) is 6.43 Å². The minimum Gasteiger partial charge on any atom is -0.396 e. The molecule has 1 aliphatic carbocycles. The summed E-state index contributed by atoms with van der Waals surface area (Å²) in [4.78, 5) is 0. The Morgan fingerprint density at radius 2 is 2.10 bits per heavy atom. The fourth-order valence-corrected chi connectivity index (χ4v) is 1.62. The molecule has 0 spiro atoms. The van der Waals surface area contributed by atoms with Crippen LogP contribution in [0.4, 0.5) is 8.78 Å². The highest BCUT2D eigenvalue weighted by atomic mass is 19.3. The summed E-state index contributed by atoms with van der Waals surface area (Å²) in [5.41, 5.74) is 0. The molecule has 1 N–H and O–H groups in total. The van der Waals surface area contributed by atoms with Gasteiger partial charge in [-0.15, -0.1) is 0 Å². The number of aliphatic hydroxyl groups is 1. The van der Waals surface area contributed by atoms with E-state index in [9.17, 15) is 8.78 Å². The van der Waals surface area contributed by atoms with Gasteiger partial charge in [0.1, 0.15) is 0 Å². The molecule has 1 rings (SSSR count). The predicted octanol–water partition coefficient (Wildman–Crippen LogP) is 1.66. The molecule has 60 valence electrons. The van der Waals surface area contributed by atoms with Crippen molar-refractivity contribution in [2.75, 3.05) is 6.61 Å². The zero-order chi connectivity index (χ0) is 7.56. The van der Waals surface area contributed by atoms with E-state index in [-0.39, 0.29) is 12.5 Å². The molecule has 0 heterocycles. The lowest BCUT2D eigenvalue weighted by atomic mass is 9.98. The van der Waals surface area contributed by atoms with Crippen LogP contribution in [0.3, 0.4) is 0 Å². The van der Waals surface area contributed by atoms with Crippen molar-refractivity contribution in [1.29, 1.82) is 0 Å². The molecule has 0 aliphatic heterocycles. The van der Waals surface area contributed by atoms with Crippen molar-refractivity contribution < 1.29 is 13.9 Å². The van der Waals surface area contributed by atoms with E-state index in [2.05, 4.69) is 0 Å². The number of aliphatic hydroxyl groups excluding tert-OH is 1. The van der Waals surface area contributed by atoms with Gasteiger partial charge in [0.05, 0.1) is 0 Å². The smallest absolute Gasteiger partial charge is 0.241 e. The minimum atomic E-state index is -2.24. The Morgan fingerprint density at radius 1 is 1.40 bits per heavy atom. The van der Waals surface area contributed by atoms with Crippen LogP contribution in [0.1, 0.15) is 19.3 Å². The second-order valence-corrected chi connectivity index (χ2v) is 2.87. The molecule has 0 aromatic carbocycles. The second kappa shape index (κ2) is 3.28. The second-order valence-electron chi connectivity index (χ2n) is 2.87. The lowest BCUT2D eigenvalue weighted by Gasteiger charge is -2.15. The van der Waals surface area contributed by atoms with Crippen molar-refractivity contribution in [3.05, 3.63) is 0 Å². The molecule has 2 atom stereocenters. The van der Waals surface area contributed by atoms with E-state index in [0.717, 1.165) is 12.8 Å². The van der Waals surface area contributed by atoms with Crippen molar-refractivity contribution in [3.8, 4) is 0 Å². The summed E-state index contributed by atoms with van der Waals surface area (Å²) >= 11 is 0. The van der Waals surface area contributed by atoms with Gasteiger partial charge in [0.15, 0.2) is 0 Å². The van der Waals surface area contributed by atoms with Gasteiger partial charge in [0.25, 0.3) is 0 Å². The average molecular weight is 150 g/mol. The molecule has 10 heavy (non-hydrogen) atoms. The van der Waals surface area contributed by atoms with Crippen molar-refractivity contribution >= 4 is 0 Å². The average Bonchev–Trinajstić information content (AvgIpc) is 2.33. The molecule has 0 saturated heterocycles. The highest BCUT2D eigenvalue weighted by Crippen LogP contribution is 2.35. The van der Waals surface area contributed by atoms with Gasteiger partial charge in [-0.05, 0) is 18.8 Å². The van der Waals surface area contributed by atoms with Crippen molar-refractivity contribution in [2.45, 2.75) is 25.7 Å². The summed E-state index contributed by atoms with van der Waals surface area (Å²) in [7, 11) is 0. The van der Waals surface area contributed by atoms with Crippen LogP contribution in [0, 0.1) is 11.8 Å². The van der Waals surface area contributed by atoms with Crippen LogP contribution in [0.15, 0.2) is 0 Å². The molecule has 0 amide bonds. The maximum atomic E-state index is 12.1. The van der Waals surface area contributed by atoms with E-state index < -0.39 is 12.3 Å². The van der Waals surface area contributed by atoms with Crippen LogP contribution in [-0.4, -0.2) is 18.1 Å². The first-order valence-electron chi connectivity index (χ1n) is 3.64. The first-order valence-corrected chi connectivity index (χ1v) is 3.64. The predicted molar refractivity (Wildman–Crippen MR) is 33.9 cm³/mol. The summed E-state index contributed by atoms with van der Waals surface area (Å²) in [5, 5.41) is 8.65. The van der Waals surface area contributed by atoms with E-state index in [1.54, 1.807) is 0 Å². The molecule has 1 fully saturated rings. The summed E-state index contributed by atoms with van der Waals surface area (Å²) in [5.74, 6) is -0.676. The third kappa shape index (κ3) is 1.45. The van der Waals surface area contributed by atoms with E-state index >= 15 is 0 Å². The van der Waals surface area contributed by atoms with Crippen LogP contribution in [-0.2, 0) is 0 Å². The zero-order valence-electron chi connectivity index (χ0n) is 5.76. The van der Waals surface area contributed by atoms with E-state index in [4.69, 9.17) is 5.11 Å². The van der Waals surface area contributed by atoms with E-state index in [1.807, 2.05) is 0 Å². The highest BCUT2D eigenvalue weighted by Gasteiger charge is 2.33. The van der Waals surface area contributed by atoms with Gasteiger partial charge < -0.3 is 5.11 Å². The lowest BCUT2D eigenvalue weighted by Crippen LogP contribution is -2.19. The van der Waals surface area contributed by atoms with Crippen molar-refractivity contribution in [1.82, 2.24) is 0 Å². The van der Waals surface area contributed by atoms with Crippen LogP contribution in [0.5, 0.6) is 0 Å². The summed E-state index contributed by atoms with van der Waals surface area (Å²) in [6, 6.07) is 0. The monoisotopic (exact) mass is 150 g/mol. The van der Waals surface area contributed by atoms with E-state index in [0.29, 0.717) is 6.42 Å². The number of rotatable bonds is 2. The Kier molecular flexibility index (Phi) is 2.60. The number of alkyl halides is 2. The summed E-state index contributed by atoms with van der Waals surface area (Å²) in [6.45, 7) is -0.0744. The third-order valence-electron chi connectivity index (χ3n) is 2.28. The molecule has 0 bridgehead atoms. The summed E-state index contributed by atoms with van der Waals surface area (Å²) < 4.78 is 24.1. The maximum absolute atomic E-state index is 12.1. The van der Waals surface area contributed by atoms with Crippen molar-refractivity contribution in [3.63, 3.8) is 0 Å². The molecule has 0 radical (unpaired) electrons. The van der Waals surface area contributed by atoms with Crippen LogP contribution < -0.4 is 0 Å². The molecular weight excluding hydrogens is 138 g/mol. The Morgan fingerprint density at radius 3 is 2.50 bits per heavy atom. The lowest BCUT2D eigenvalue weighted by molar-refractivity contribution is 0.0388.